The first kappa shape index (κ1) is 24.3. The topological polar surface area (TPSA) is 89.1 Å². The highest BCUT2D eigenvalue weighted by molar-refractivity contribution is 7.50. The Balaban J connectivity index is 1.98. The summed E-state index contributed by atoms with van der Waals surface area (Å²) in [5.74, 6) is 0.170. The van der Waals surface area contributed by atoms with E-state index < -0.39 is 63.0 Å². The van der Waals surface area contributed by atoms with Gasteiger partial charge in [0.15, 0.2) is 0 Å². The first-order chi connectivity index (χ1) is 12.9. The molecule has 2 aliphatic rings. The van der Waals surface area contributed by atoms with Gasteiger partial charge in [-0.25, -0.2) is 18.4 Å². The summed E-state index contributed by atoms with van der Waals surface area (Å²) in [4.78, 5) is 10.1. The van der Waals surface area contributed by atoms with Crippen molar-refractivity contribution in [1.29, 1.82) is 0 Å². The van der Waals surface area contributed by atoms with E-state index in [0.29, 0.717) is 6.42 Å². The van der Waals surface area contributed by atoms with E-state index in [1.165, 1.54) is 0 Å². The molecule has 0 aromatic rings. The minimum atomic E-state index is -4.44. The van der Waals surface area contributed by atoms with Gasteiger partial charge in [0, 0.05) is 18.0 Å². The summed E-state index contributed by atoms with van der Waals surface area (Å²) in [6, 6.07) is -4.30. The summed E-state index contributed by atoms with van der Waals surface area (Å²) in [5.41, 5.74) is 0. The van der Waals surface area contributed by atoms with Crippen molar-refractivity contribution in [1.82, 2.24) is 10.4 Å². The molecule has 7 nitrogen and oxygen atoms in total. The van der Waals surface area contributed by atoms with Crippen LogP contribution in [0.2, 0.25) is 0 Å². The second-order valence-electron chi connectivity index (χ2n) is 8.11. The Bertz CT molecular complexity index is 563. The summed E-state index contributed by atoms with van der Waals surface area (Å²) >= 11 is 0. The molecule has 3 N–H and O–H groups in total. The van der Waals surface area contributed by atoms with Gasteiger partial charge in [0.1, 0.15) is 28.0 Å². The normalized spacial score (nSPS) is 41.0. The highest BCUT2D eigenvalue weighted by atomic mass is 31.2. The van der Waals surface area contributed by atoms with E-state index in [2.05, 4.69) is 10.4 Å². The second-order valence-corrected chi connectivity index (χ2v) is 9.67. The molecule has 4 radical (unpaired) electrons. The molecule has 28 heavy (non-hydrogen) atoms. The van der Waals surface area contributed by atoms with Crippen LogP contribution in [0.4, 0.5) is 8.78 Å². The van der Waals surface area contributed by atoms with Crippen LogP contribution in [0.5, 0.6) is 0 Å². The van der Waals surface area contributed by atoms with Crippen molar-refractivity contribution in [2.75, 3.05) is 6.61 Å². The number of nitrogens with one attached hydrogen (secondary N) is 2. The third-order valence-electron chi connectivity index (χ3n) is 4.73. The first-order valence-corrected chi connectivity index (χ1v) is 11.1. The van der Waals surface area contributed by atoms with Crippen LogP contribution in [-0.2, 0) is 18.6 Å². The van der Waals surface area contributed by atoms with E-state index in [1.807, 2.05) is 27.7 Å². The fourth-order valence-electron chi connectivity index (χ4n) is 3.49. The maximum absolute atomic E-state index is 14.4. The number of halogens is 2. The first-order valence-electron chi connectivity index (χ1n) is 9.52. The lowest BCUT2D eigenvalue weighted by Gasteiger charge is -2.27. The van der Waals surface area contributed by atoms with Crippen molar-refractivity contribution in [3.05, 3.63) is 0 Å². The lowest BCUT2D eigenvalue weighted by Crippen LogP contribution is -2.48. The van der Waals surface area contributed by atoms with Crippen molar-refractivity contribution < 1.29 is 32.2 Å². The van der Waals surface area contributed by atoms with Crippen molar-refractivity contribution in [3.63, 3.8) is 0 Å². The Labute approximate surface area is 168 Å². The average molecular weight is 420 g/mol. The second kappa shape index (κ2) is 9.86. The van der Waals surface area contributed by atoms with Crippen LogP contribution in [0.15, 0.2) is 0 Å². The van der Waals surface area contributed by atoms with Gasteiger partial charge in [0.25, 0.3) is 0 Å². The minimum absolute atomic E-state index is 0.0556. The highest BCUT2D eigenvalue weighted by Crippen LogP contribution is 2.42. The minimum Gasteiger partial charge on any atom is -0.380 e. The fraction of sp³-hybridized carbons (Fsp3) is 1.00. The third-order valence-corrected chi connectivity index (χ3v) is 5.86. The zero-order valence-electron chi connectivity index (χ0n) is 16.6. The molecule has 2 aliphatic heterocycles. The molecule has 0 aliphatic carbocycles. The van der Waals surface area contributed by atoms with Gasteiger partial charge in [0.05, 0.1) is 30.9 Å². The number of hydrogen-bond acceptors (Lipinski definition) is 5. The molecule has 0 aromatic carbocycles. The Morgan fingerprint density at radius 2 is 1.61 bits per heavy atom. The van der Waals surface area contributed by atoms with Crippen LogP contribution in [0.25, 0.3) is 0 Å². The smallest absolute Gasteiger partial charge is 0.380 e. The molecule has 9 atom stereocenters. The van der Waals surface area contributed by atoms with Crippen LogP contribution in [0.1, 0.15) is 34.1 Å². The van der Waals surface area contributed by atoms with Gasteiger partial charge in [-0.15, -0.1) is 0 Å². The Morgan fingerprint density at radius 1 is 1.07 bits per heavy atom. The molecular formula is C16H29B2F2N2O5P. The molecule has 2 saturated heterocycles. The average Bonchev–Trinajstić information content (AvgIpc) is 2.97. The van der Waals surface area contributed by atoms with Crippen molar-refractivity contribution in [2.45, 2.75) is 88.8 Å². The summed E-state index contributed by atoms with van der Waals surface area (Å²) in [6.45, 7) is 7.09. The number of rotatable bonds is 9. The molecule has 0 amide bonds. The number of ether oxygens (including phenoxy) is 2. The molecule has 0 spiro atoms. The van der Waals surface area contributed by atoms with Gasteiger partial charge in [-0.3, -0.25) is 4.52 Å². The van der Waals surface area contributed by atoms with Crippen LogP contribution in [-0.4, -0.2) is 81.9 Å². The van der Waals surface area contributed by atoms with Crippen molar-refractivity contribution in [2.24, 2.45) is 5.92 Å². The summed E-state index contributed by atoms with van der Waals surface area (Å²) in [5, 5.41) is 5.28. The van der Waals surface area contributed by atoms with Crippen LogP contribution >= 0.6 is 7.75 Å². The van der Waals surface area contributed by atoms with E-state index in [-0.39, 0.29) is 12.0 Å². The molecule has 2 heterocycles. The van der Waals surface area contributed by atoms with Gasteiger partial charge in [-0.1, -0.05) is 27.7 Å². The molecule has 0 aromatic heterocycles. The molecular weight excluding hydrogens is 391 g/mol. The zero-order valence-corrected chi connectivity index (χ0v) is 17.5. The maximum Gasteiger partial charge on any atom is 0.403 e. The van der Waals surface area contributed by atoms with E-state index >= 15 is 0 Å². The van der Waals surface area contributed by atoms with E-state index in [1.54, 1.807) is 0 Å². The Morgan fingerprint density at radius 3 is 2.14 bits per heavy atom. The standard InChI is InChI=1S/C16H29B2F2N2O5P/c1-7(2)5-9-14(12(20)16(18)26-9)22-28(23,24)25-6-10-13(21-8(3)4)11(19)15(17)27-10/h7-16,21H,5-6H2,1-4H3,(H2,22,23,24)/t9-,10-,11-,12-,13?,14?,15-,16-/m1/s1. The lowest BCUT2D eigenvalue weighted by molar-refractivity contribution is 0.0323. The summed E-state index contributed by atoms with van der Waals surface area (Å²) < 4.78 is 56.8. The van der Waals surface area contributed by atoms with Crippen LogP contribution in [0, 0.1) is 5.92 Å². The molecule has 12 heteroatoms. The van der Waals surface area contributed by atoms with Crippen molar-refractivity contribution in [3.8, 4) is 0 Å². The van der Waals surface area contributed by atoms with Crippen LogP contribution < -0.4 is 10.4 Å². The lowest BCUT2D eigenvalue weighted by atomic mass is 9.92. The molecule has 2 fully saturated rings. The molecule has 2 rings (SSSR count). The predicted molar refractivity (Wildman–Crippen MR) is 103 cm³/mol. The Hall–Kier alpha value is -0.0201. The zero-order chi connectivity index (χ0) is 21.2. The third kappa shape index (κ3) is 6.24. The SMILES string of the molecule is [B][C@@H]1O[C@H](COP(=O)(O)NC2[C@@H](F)[C@H]([B])O[C@@H]2CC(C)C)C(NC(C)C)[C@H]1F. The summed E-state index contributed by atoms with van der Waals surface area (Å²) in [7, 11) is 6.74. The maximum atomic E-state index is 14.4. The van der Waals surface area contributed by atoms with Gasteiger partial charge in [0.2, 0.25) is 0 Å². The molecule has 0 saturated carbocycles. The van der Waals surface area contributed by atoms with Gasteiger partial charge in [-0.2, -0.15) is 0 Å². The predicted octanol–water partition coefficient (Wildman–Crippen LogP) is 0.937. The van der Waals surface area contributed by atoms with E-state index in [9.17, 15) is 18.2 Å². The number of hydrogen-bond donors (Lipinski definition) is 3. The fourth-order valence-corrected chi connectivity index (χ4v) is 4.60. The monoisotopic (exact) mass is 420 g/mol. The molecule has 158 valence electrons. The van der Waals surface area contributed by atoms with Gasteiger partial charge in [-0.05, 0) is 12.3 Å². The van der Waals surface area contributed by atoms with E-state index in [0.717, 1.165) is 0 Å². The molecule has 0 bridgehead atoms. The highest BCUT2D eigenvalue weighted by Gasteiger charge is 2.47. The van der Waals surface area contributed by atoms with E-state index in [4.69, 9.17) is 29.7 Å². The van der Waals surface area contributed by atoms with Crippen molar-refractivity contribution >= 4 is 23.4 Å². The van der Waals surface area contributed by atoms with Crippen LogP contribution in [0.3, 0.4) is 0 Å². The number of alkyl halides is 2. The molecule has 3 unspecified atom stereocenters. The largest absolute Gasteiger partial charge is 0.403 e. The van der Waals surface area contributed by atoms with Gasteiger partial charge < -0.3 is 19.7 Å². The Kier molecular flexibility index (Phi) is 8.54. The quantitative estimate of drug-likeness (QED) is 0.378. The van der Waals surface area contributed by atoms with Gasteiger partial charge >= 0.3 is 7.75 Å². The summed E-state index contributed by atoms with van der Waals surface area (Å²) in [6.07, 6.45) is -4.25.